The Morgan fingerprint density at radius 2 is 1.57 bits per heavy atom. The molecule has 1 aromatic heterocycles. The van der Waals surface area contributed by atoms with Crippen LogP contribution >= 0.6 is 27.3 Å². The fourth-order valence-electron chi connectivity index (χ4n) is 1.62. The monoisotopic (exact) mass is 405 g/mol. The Kier molecular flexibility index (Phi) is 6.65. The van der Waals surface area contributed by atoms with Crippen molar-refractivity contribution in [2.75, 3.05) is 6.54 Å². The molecule has 1 heterocycles. The van der Waals surface area contributed by atoms with Crippen LogP contribution in [0.25, 0.3) is 0 Å². The second-order valence-corrected chi connectivity index (χ2v) is 9.32. The number of rotatable bonds is 3. The van der Waals surface area contributed by atoms with Crippen molar-refractivity contribution in [2.45, 2.75) is 59.2 Å². The van der Waals surface area contributed by atoms with Crippen molar-refractivity contribution < 1.29 is 19.1 Å². The van der Waals surface area contributed by atoms with Gasteiger partial charge in [0.25, 0.3) is 0 Å². The first-order valence-corrected chi connectivity index (χ1v) is 9.02. The number of ether oxygens (including phenoxy) is 2. The standard InChI is InChI=1S/C16H24BrNO4S/c1-15(2,3)21-13(19)18(14(20)22-16(4,5)6)9-7-11-8-10-23-12(11)17/h8,10H,7,9H2,1-6H3. The minimum absolute atomic E-state index is 0.194. The summed E-state index contributed by atoms with van der Waals surface area (Å²) in [6.07, 6.45) is -0.862. The predicted molar refractivity (Wildman–Crippen MR) is 94.9 cm³/mol. The predicted octanol–water partition coefficient (Wildman–Crippen LogP) is 5.23. The Morgan fingerprint density at radius 1 is 1.09 bits per heavy atom. The fraction of sp³-hybridized carbons (Fsp3) is 0.625. The first kappa shape index (κ1) is 20.0. The van der Waals surface area contributed by atoms with E-state index in [1.54, 1.807) is 52.9 Å². The van der Waals surface area contributed by atoms with Gasteiger partial charge in [0.2, 0.25) is 0 Å². The van der Waals surface area contributed by atoms with Crippen LogP contribution in [0.4, 0.5) is 9.59 Å². The first-order chi connectivity index (χ1) is 10.4. The molecule has 7 heteroatoms. The molecule has 0 N–H and O–H groups in total. The second kappa shape index (κ2) is 7.66. The van der Waals surface area contributed by atoms with Gasteiger partial charge in [0.15, 0.2) is 0 Å². The smallest absolute Gasteiger partial charge is 0.419 e. The Labute approximate surface area is 150 Å². The van der Waals surface area contributed by atoms with Gasteiger partial charge in [-0.25, -0.2) is 14.5 Å². The number of hydrogen-bond donors (Lipinski definition) is 0. The third-order valence-corrected chi connectivity index (χ3v) is 4.34. The number of hydrogen-bond acceptors (Lipinski definition) is 5. The molecule has 2 amide bonds. The van der Waals surface area contributed by atoms with E-state index in [2.05, 4.69) is 15.9 Å². The van der Waals surface area contributed by atoms with Crippen molar-refractivity contribution in [3.63, 3.8) is 0 Å². The van der Waals surface area contributed by atoms with Crippen molar-refractivity contribution >= 4 is 39.5 Å². The van der Waals surface area contributed by atoms with E-state index >= 15 is 0 Å². The average molecular weight is 406 g/mol. The average Bonchev–Trinajstić information content (AvgIpc) is 2.70. The van der Waals surface area contributed by atoms with Gasteiger partial charge in [-0.05, 0) is 80.9 Å². The largest absolute Gasteiger partial charge is 0.443 e. The molecule has 0 unspecified atom stereocenters. The Morgan fingerprint density at radius 3 is 1.91 bits per heavy atom. The molecule has 0 aromatic carbocycles. The van der Waals surface area contributed by atoms with Gasteiger partial charge < -0.3 is 9.47 Å². The molecule has 1 rings (SSSR count). The van der Waals surface area contributed by atoms with Crippen LogP contribution in [0, 0.1) is 0 Å². The van der Waals surface area contributed by atoms with E-state index in [1.165, 1.54) is 0 Å². The van der Waals surface area contributed by atoms with E-state index in [-0.39, 0.29) is 6.54 Å². The SMILES string of the molecule is CC(C)(C)OC(=O)N(CCc1ccsc1Br)C(=O)OC(C)(C)C. The maximum Gasteiger partial charge on any atom is 0.419 e. The number of carbonyl (C=O) groups is 2. The topological polar surface area (TPSA) is 55.8 Å². The van der Waals surface area contributed by atoms with Crippen molar-refractivity contribution in [1.29, 1.82) is 0 Å². The van der Waals surface area contributed by atoms with Crippen LogP contribution in [0.3, 0.4) is 0 Å². The van der Waals surface area contributed by atoms with Gasteiger partial charge in [0, 0.05) is 6.54 Å². The summed E-state index contributed by atoms with van der Waals surface area (Å²) in [4.78, 5) is 25.7. The third-order valence-electron chi connectivity index (χ3n) is 2.53. The number of halogens is 1. The molecule has 0 aliphatic heterocycles. The van der Waals surface area contributed by atoms with Crippen LogP contribution in [0.15, 0.2) is 15.2 Å². The molecular weight excluding hydrogens is 382 g/mol. The van der Waals surface area contributed by atoms with E-state index in [9.17, 15) is 9.59 Å². The van der Waals surface area contributed by atoms with Crippen molar-refractivity contribution in [3.8, 4) is 0 Å². The van der Waals surface area contributed by atoms with Gasteiger partial charge in [-0.3, -0.25) is 0 Å². The zero-order valence-electron chi connectivity index (χ0n) is 14.4. The number of nitrogens with zero attached hydrogens (tertiary/aromatic N) is 1. The van der Waals surface area contributed by atoms with Crippen LogP contribution in [0.2, 0.25) is 0 Å². The lowest BCUT2D eigenvalue weighted by Crippen LogP contribution is -2.44. The summed E-state index contributed by atoms with van der Waals surface area (Å²) >= 11 is 5.01. The summed E-state index contributed by atoms with van der Waals surface area (Å²) in [7, 11) is 0. The number of imide groups is 1. The highest BCUT2D eigenvalue weighted by molar-refractivity contribution is 9.11. The van der Waals surface area contributed by atoms with Crippen LogP contribution in [0.5, 0.6) is 0 Å². The van der Waals surface area contributed by atoms with Crippen molar-refractivity contribution in [3.05, 3.63) is 20.8 Å². The van der Waals surface area contributed by atoms with Crippen LogP contribution in [-0.4, -0.2) is 34.8 Å². The summed E-state index contributed by atoms with van der Waals surface area (Å²) in [6.45, 7) is 10.7. The van der Waals surface area contributed by atoms with Gasteiger partial charge >= 0.3 is 12.2 Å². The summed E-state index contributed by atoms with van der Waals surface area (Å²) in [5.41, 5.74) is -0.326. The summed E-state index contributed by atoms with van der Waals surface area (Å²) < 4.78 is 11.6. The van der Waals surface area contributed by atoms with Gasteiger partial charge in [-0.1, -0.05) is 0 Å². The molecular formula is C16H24BrNO4S. The molecule has 0 radical (unpaired) electrons. The number of amides is 2. The van der Waals surface area contributed by atoms with Gasteiger partial charge in [0.1, 0.15) is 11.2 Å². The van der Waals surface area contributed by atoms with E-state index in [1.807, 2.05) is 11.4 Å². The second-order valence-electron chi connectivity index (χ2n) is 7.08. The Balaban J connectivity index is 2.85. The lowest BCUT2D eigenvalue weighted by atomic mass is 10.2. The zero-order chi connectivity index (χ0) is 17.8. The van der Waals surface area contributed by atoms with E-state index < -0.39 is 23.4 Å². The van der Waals surface area contributed by atoms with Crippen molar-refractivity contribution in [1.82, 2.24) is 4.90 Å². The van der Waals surface area contributed by atoms with Gasteiger partial charge in [0.05, 0.1) is 3.79 Å². The first-order valence-electron chi connectivity index (χ1n) is 7.34. The molecule has 0 aliphatic rings. The molecule has 5 nitrogen and oxygen atoms in total. The molecule has 0 saturated heterocycles. The molecule has 0 spiro atoms. The highest BCUT2D eigenvalue weighted by Crippen LogP contribution is 2.24. The maximum absolute atomic E-state index is 12.3. The fourth-order valence-corrected chi connectivity index (χ4v) is 2.95. The molecule has 0 aliphatic carbocycles. The van der Waals surface area contributed by atoms with Gasteiger partial charge in [-0.15, -0.1) is 11.3 Å². The van der Waals surface area contributed by atoms with E-state index in [0.29, 0.717) is 6.42 Å². The summed E-state index contributed by atoms with van der Waals surface area (Å²) in [5, 5.41) is 1.95. The molecule has 23 heavy (non-hydrogen) atoms. The molecule has 0 bridgehead atoms. The highest BCUT2D eigenvalue weighted by atomic mass is 79.9. The number of carbonyl (C=O) groups excluding carboxylic acids is 2. The van der Waals surface area contributed by atoms with Crippen molar-refractivity contribution in [2.24, 2.45) is 0 Å². The van der Waals surface area contributed by atoms with E-state index in [4.69, 9.17) is 9.47 Å². The lowest BCUT2D eigenvalue weighted by molar-refractivity contribution is 0.00171. The normalized spacial score (nSPS) is 12.0. The Hall–Kier alpha value is -1.08. The van der Waals surface area contributed by atoms with Crippen LogP contribution in [-0.2, 0) is 15.9 Å². The maximum atomic E-state index is 12.3. The lowest BCUT2D eigenvalue weighted by Gasteiger charge is -2.28. The third kappa shape index (κ3) is 7.35. The Bertz CT molecular complexity index is 529. The minimum Gasteiger partial charge on any atom is -0.443 e. The molecule has 0 saturated carbocycles. The zero-order valence-corrected chi connectivity index (χ0v) is 16.8. The van der Waals surface area contributed by atoms with E-state index in [0.717, 1.165) is 14.2 Å². The molecule has 1 aromatic rings. The van der Waals surface area contributed by atoms with Crippen LogP contribution < -0.4 is 0 Å². The highest BCUT2D eigenvalue weighted by Gasteiger charge is 2.31. The molecule has 0 atom stereocenters. The van der Waals surface area contributed by atoms with Gasteiger partial charge in [-0.2, -0.15) is 0 Å². The minimum atomic E-state index is -0.696. The molecule has 0 fully saturated rings. The number of thiophene rings is 1. The summed E-state index contributed by atoms with van der Waals surface area (Å²) in [6, 6.07) is 1.96. The molecule has 130 valence electrons. The summed E-state index contributed by atoms with van der Waals surface area (Å²) in [5.74, 6) is 0. The quantitative estimate of drug-likeness (QED) is 0.690. The van der Waals surface area contributed by atoms with Crippen LogP contribution in [0.1, 0.15) is 47.1 Å².